The fraction of sp³-hybridized carbons (Fsp3) is 0.600. The molecule has 1 aliphatic rings. The molecule has 0 aliphatic heterocycles. The summed E-state index contributed by atoms with van der Waals surface area (Å²) in [5.74, 6) is -0.893. The van der Waals surface area contributed by atoms with Gasteiger partial charge in [0.05, 0.1) is 12.7 Å². The summed E-state index contributed by atoms with van der Waals surface area (Å²) >= 11 is 0. The molecule has 0 aromatic heterocycles. The highest BCUT2D eigenvalue weighted by Crippen LogP contribution is 2.25. The van der Waals surface area contributed by atoms with Crippen molar-refractivity contribution in [1.82, 2.24) is 4.90 Å². The van der Waals surface area contributed by atoms with Gasteiger partial charge in [0.15, 0.2) is 0 Å². The van der Waals surface area contributed by atoms with E-state index in [2.05, 4.69) is 4.74 Å². The third-order valence-corrected chi connectivity index (χ3v) is 4.48. The Morgan fingerprint density at radius 1 is 1.21 bits per heavy atom. The van der Waals surface area contributed by atoms with Gasteiger partial charge in [-0.15, -0.1) is 0 Å². The van der Waals surface area contributed by atoms with E-state index in [1.54, 1.807) is 19.1 Å². The van der Waals surface area contributed by atoms with Crippen LogP contribution in [0.25, 0.3) is 0 Å². The molecule has 2 rings (SSSR count). The quantitative estimate of drug-likeness (QED) is 0.589. The number of nitrogens with zero attached hydrogens (tertiary/aromatic N) is 1. The highest BCUT2D eigenvalue weighted by Gasteiger charge is 2.34. The van der Waals surface area contributed by atoms with Crippen molar-refractivity contribution in [3.63, 3.8) is 0 Å². The van der Waals surface area contributed by atoms with Crippen molar-refractivity contribution in [3.8, 4) is 5.75 Å². The third-order valence-electron chi connectivity index (χ3n) is 4.48. The number of amides is 1. The molecule has 0 bridgehead atoms. The zero-order chi connectivity index (χ0) is 20.6. The predicted molar refractivity (Wildman–Crippen MR) is 96.9 cm³/mol. The number of benzene rings is 1. The monoisotopic (exact) mass is 401 g/mol. The van der Waals surface area contributed by atoms with Crippen molar-refractivity contribution in [2.45, 2.75) is 57.7 Å². The largest absolute Gasteiger partial charge is 0.490 e. The van der Waals surface area contributed by atoms with Gasteiger partial charge in [0, 0.05) is 6.42 Å². The molecule has 0 radical (unpaired) electrons. The van der Waals surface area contributed by atoms with Crippen LogP contribution >= 0.6 is 0 Å². The molecule has 0 saturated heterocycles. The molecular weight excluding hydrogens is 375 g/mol. The second-order valence-electron chi connectivity index (χ2n) is 6.84. The van der Waals surface area contributed by atoms with E-state index in [1.165, 1.54) is 0 Å². The van der Waals surface area contributed by atoms with Gasteiger partial charge in [-0.05, 0) is 56.7 Å². The smallest absolute Gasteiger partial charge is 0.406 e. The lowest BCUT2D eigenvalue weighted by atomic mass is 10.1. The zero-order valence-corrected chi connectivity index (χ0v) is 16.0. The van der Waals surface area contributed by atoms with Crippen molar-refractivity contribution in [3.05, 3.63) is 29.8 Å². The Balaban J connectivity index is 1.93. The normalized spacial score (nSPS) is 14.7. The molecule has 0 atom stereocenters. The van der Waals surface area contributed by atoms with Crippen LogP contribution in [0.5, 0.6) is 5.75 Å². The van der Waals surface area contributed by atoms with Crippen molar-refractivity contribution in [2.75, 3.05) is 19.7 Å². The topological polar surface area (TPSA) is 55.8 Å². The minimum absolute atomic E-state index is 0.0423. The third kappa shape index (κ3) is 7.78. The lowest BCUT2D eigenvalue weighted by molar-refractivity contribution is -0.167. The molecule has 0 N–H and O–H groups in total. The summed E-state index contributed by atoms with van der Waals surface area (Å²) in [6.45, 7) is -0.596. The summed E-state index contributed by atoms with van der Waals surface area (Å²) in [4.78, 5) is 24.3. The SMILES string of the molecule is CCOC(=O)CN(CC(F)(F)F)C(=O)CCc1cccc(OC2CCCC2)c1. The fourth-order valence-corrected chi connectivity index (χ4v) is 3.19. The van der Waals surface area contributed by atoms with Gasteiger partial charge in [-0.25, -0.2) is 0 Å². The number of rotatable bonds is 9. The Kier molecular flexibility index (Phi) is 8.14. The molecule has 0 unspecified atom stereocenters. The first-order valence-corrected chi connectivity index (χ1v) is 9.52. The van der Waals surface area contributed by atoms with Gasteiger partial charge >= 0.3 is 12.1 Å². The van der Waals surface area contributed by atoms with E-state index in [1.807, 2.05) is 12.1 Å². The van der Waals surface area contributed by atoms with E-state index in [0.29, 0.717) is 10.6 Å². The number of ether oxygens (including phenoxy) is 2. The van der Waals surface area contributed by atoms with Gasteiger partial charge in [-0.2, -0.15) is 13.2 Å². The lowest BCUT2D eigenvalue weighted by Crippen LogP contribution is -2.42. The molecule has 1 aromatic rings. The summed E-state index contributed by atoms with van der Waals surface area (Å²) in [7, 11) is 0. The first-order chi connectivity index (χ1) is 13.3. The Morgan fingerprint density at radius 2 is 1.93 bits per heavy atom. The maximum atomic E-state index is 12.7. The summed E-state index contributed by atoms with van der Waals surface area (Å²) in [6.07, 6.45) is 0.0651. The predicted octanol–water partition coefficient (Wildman–Crippen LogP) is 3.89. The lowest BCUT2D eigenvalue weighted by Gasteiger charge is -2.23. The van der Waals surface area contributed by atoms with Crippen molar-refractivity contribution >= 4 is 11.9 Å². The molecule has 5 nitrogen and oxygen atoms in total. The van der Waals surface area contributed by atoms with Gasteiger partial charge in [-0.1, -0.05) is 12.1 Å². The van der Waals surface area contributed by atoms with Crippen LogP contribution in [0.15, 0.2) is 24.3 Å². The van der Waals surface area contributed by atoms with Gasteiger partial charge in [0.2, 0.25) is 5.91 Å². The van der Waals surface area contributed by atoms with Gasteiger partial charge < -0.3 is 14.4 Å². The fourth-order valence-electron chi connectivity index (χ4n) is 3.19. The summed E-state index contributed by atoms with van der Waals surface area (Å²) < 4.78 is 48.8. The van der Waals surface area contributed by atoms with E-state index in [0.717, 1.165) is 31.2 Å². The van der Waals surface area contributed by atoms with Crippen molar-refractivity contribution in [1.29, 1.82) is 0 Å². The maximum absolute atomic E-state index is 12.7. The van der Waals surface area contributed by atoms with Crippen molar-refractivity contribution < 1.29 is 32.2 Å². The standard InChI is InChI=1S/C20H26F3NO4/c1-2-27-19(26)13-24(14-20(21,22)23)18(25)11-10-15-6-5-9-17(12-15)28-16-7-3-4-8-16/h5-6,9,12,16H,2-4,7-8,10-11,13-14H2,1H3. The number of carbonyl (C=O) groups is 2. The number of hydrogen-bond donors (Lipinski definition) is 0. The average Bonchev–Trinajstić information content (AvgIpc) is 3.11. The van der Waals surface area contributed by atoms with E-state index < -0.39 is 31.1 Å². The van der Waals surface area contributed by atoms with Crippen LogP contribution in [0, 0.1) is 0 Å². The summed E-state index contributed by atoms with van der Waals surface area (Å²) in [6, 6.07) is 7.25. The summed E-state index contributed by atoms with van der Waals surface area (Å²) in [5.41, 5.74) is 0.798. The molecule has 28 heavy (non-hydrogen) atoms. The first kappa shape index (κ1) is 22.0. The number of carbonyl (C=O) groups excluding carboxylic acids is 2. The Morgan fingerprint density at radius 3 is 2.57 bits per heavy atom. The maximum Gasteiger partial charge on any atom is 0.406 e. The number of alkyl halides is 3. The highest BCUT2D eigenvalue weighted by molar-refractivity contribution is 5.82. The van der Waals surface area contributed by atoms with Gasteiger partial charge in [0.1, 0.15) is 18.8 Å². The Bertz CT molecular complexity index is 657. The van der Waals surface area contributed by atoms with Gasteiger partial charge in [0.25, 0.3) is 0 Å². The minimum Gasteiger partial charge on any atom is -0.490 e. The number of halogens is 3. The second kappa shape index (κ2) is 10.3. The van der Waals surface area contributed by atoms with Crippen LogP contribution < -0.4 is 4.74 Å². The van der Waals surface area contributed by atoms with E-state index in [9.17, 15) is 22.8 Å². The second-order valence-corrected chi connectivity index (χ2v) is 6.84. The van der Waals surface area contributed by atoms with Gasteiger partial charge in [-0.3, -0.25) is 9.59 Å². The summed E-state index contributed by atoms with van der Waals surface area (Å²) in [5, 5.41) is 0. The Hall–Kier alpha value is -2.25. The van der Waals surface area contributed by atoms with Crippen LogP contribution in [-0.2, 0) is 20.7 Å². The molecular formula is C20H26F3NO4. The Labute approximate surface area is 162 Å². The number of esters is 1. The molecule has 0 heterocycles. The molecule has 1 saturated carbocycles. The minimum atomic E-state index is -4.59. The van der Waals surface area contributed by atoms with Crippen LogP contribution in [-0.4, -0.2) is 48.8 Å². The molecule has 8 heteroatoms. The molecule has 1 aliphatic carbocycles. The molecule has 156 valence electrons. The van der Waals surface area contributed by atoms with E-state index in [-0.39, 0.29) is 25.6 Å². The molecule has 1 fully saturated rings. The van der Waals surface area contributed by atoms with Crippen LogP contribution in [0.3, 0.4) is 0 Å². The zero-order valence-electron chi connectivity index (χ0n) is 16.0. The average molecular weight is 401 g/mol. The van der Waals surface area contributed by atoms with Crippen LogP contribution in [0.4, 0.5) is 13.2 Å². The number of aryl methyl sites for hydroxylation is 1. The highest BCUT2D eigenvalue weighted by atomic mass is 19.4. The molecule has 0 spiro atoms. The number of hydrogen-bond acceptors (Lipinski definition) is 4. The van der Waals surface area contributed by atoms with E-state index in [4.69, 9.17) is 4.74 Å². The van der Waals surface area contributed by atoms with Crippen molar-refractivity contribution in [2.24, 2.45) is 0 Å². The molecule has 1 amide bonds. The van der Waals surface area contributed by atoms with Crippen LogP contribution in [0.2, 0.25) is 0 Å². The molecule has 1 aromatic carbocycles. The van der Waals surface area contributed by atoms with Crippen LogP contribution in [0.1, 0.15) is 44.6 Å². The van der Waals surface area contributed by atoms with E-state index >= 15 is 0 Å². The first-order valence-electron chi connectivity index (χ1n) is 9.52.